The maximum atomic E-state index is 13.9. The molecule has 3 atom stereocenters. The second-order valence-electron chi connectivity index (χ2n) is 13.2. The van der Waals surface area contributed by atoms with Crippen LogP contribution in [0.15, 0.2) is 84.9 Å². The Bertz CT molecular complexity index is 2030. The molecule has 0 radical (unpaired) electrons. The van der Waals surface area contributed by atoms with Gasteiger partial charge < -0.3 is 49.5 Å². The zero-order chi connectivity index (χ0) is 39.3. The van der Waals surface area contributed by atoms with Gasteiger partial charge in [-0.15, -0.1) is 0 Å². The number of allylic oxidation sites excluding steroid dienone is 1. The maximum absolute atomic E-state index is 13.9. The van der Waals surface area contributed by atoms with E-state index in [4.69, 9.17) is 27.9 Å². The van der Waals surface area contributed by atoms with E-state index >= 15 is 0 Å². The zero-order valence-electron chi connectivity index (χ0n) is 30.5. The van der Waals surface area contributed by atoms with Crippen molar-refractivity contribution in [3.05, 3.63) is 102 Å². The van der Waals surface area contributed by atoms with E-state index in [9.17, 15) is 24.0 Å². The molecule has 5 amide bonds. The van der Waals surface area contributed by atoms with E-state index in [2.05, 4.69) is 26.6 Å². The minimum Gasteiger partial charge on any atom is -0.368 e. The van der Waals surface area contributed by atoms with Gasteiger partial charge in [0, 0.05) is 29.7 Å². The molecule has 55 heavy (non-hydrogen) atoms. The van der Waals surface area contributed by atoms with Crippen LogP contribution in [0.2, 0.25) is 0 Å². The van der Waals surface area contributed by atoms with Crippen molar-refractivity contribution in [2.75, 3.05) is 25.0 Å². The Kier molecular flexibility index (Phi) is 14.0. The predicted molar refractivity (Wildman–Crippen MR) is 212 cm³/mol. The van der Waals surface area contributed by atoms with Crippen molar-refractivity contribution in [3.63, 3.8) is 0 Å². The van der Waals surface area contributed by atoms with Crippen LogP contribution in [0.3, 0.4) is 0 Å². The van der Waals surface area contributed by atoms with E-state index in [1.807, 2.05) is 66.7 Å². The summed E-state index contributed by atoms with van der Waals surface area (Å²) in [5.41, 5.74) is 28.4. The fourth-order valence-electron chi connectivity index (χ4n) is 6.11. The van der Waals surface area contributed by atoms with Gasteiger partial charge in [0.15, 0.2) is 0 Å². The molecule has 2 aliphatic heterocycles. The molecule has 3 heterocycles. The van der Waals surface area contributed by atoms with Crippen molar-refractivity contribution >= 4 is 51.8 Å². The van der Waals surface area contributed by atoms with Gasteiger partial charge in [-0.25, -0.2) is 4.98 Å². The topological polar surface area (TPSA) is 262 Å². The Morgan fingerprint density at radius 2 is 1.60 bits per heavy atom. The van der Waals surface area contributed by atoms with Crippen LogP contribution in [0, 0.1) is 0 Å². The number of nitrogens with two attached hydrogens (primary N) is 4. The van der Waals surface area contributed by atoms with Crippen molar-refractivity contribution in [2.45, 2.75) is 56.8 Å². The lowest BCUT2D eigenvalue weighted by Crippen LogP contribution is -2.55. The van der Waals surface area contributed by atoms with Crippen LogP contribution in [-0.2, 0) is 32.1 Å². The van der Waals surface area contributed by atoms with E-state index in [1.165, 1.54) is 0 Å². The van der Waals surface area contributed by atoms with Crippen molar-refractivity contribution in [3.8, 4) is 11.3 Å². The van der Waals surface area contributed by atoms with Crippen LogP contribution in [-0.4, -0.2) is 72.3 Å². The first-order valence-corrected chi connectivity index (χ1v) is 18.2. The number of fused-ring (bicyclic) bond motifs is 16. The number of rotatable bonds is 9. The highest BCUT2D eigenvalue weighted by Gasteiger charge is 2.27. The van der Waals surface area contributed by atoms with E-state index in [-0.39, 0.29) is 24.9 Å². The van der Waals surface area contributed by atoms with Gasteiger partial charge in [-0.1, -0.05) is 60.7 Å². The number of amides is 5. The molecule has 2 aliphatic rings. The number of aromatic nitrogens is 1. The average Bonchev–Trinajstić information content (AvgIpc) is 3.19. The van der Waals surface area contributed by atoms with Crippen LogP contribution in [0.4, 0.5) is 11.4 Å². The maximum Gasteiger partial charge on any atom is 0.254 e. The van der Waals surface area contributed by atoms with Crippen LogP contribution in [0.5, 0.6) is 0 Å². The van der Waals surface area contributed by atoms with E-state index in [0.29, 0.717) is 54.6 Å². The summed E-state index contributed by atoms with van der Waals surface area (Å²) in [5.74, 6) is -3.30. The molecule has 0 unspecified atom stereocenters. The molecule has 0 saturated heterocycles. The largest absolute Gasteiger partial charge is 0.368 e. The summed E-state index contributed by atoms with van der Waals surface area (Å²) in [5, 5.41) is 14.6. The molecule has 1 aromatic heterocycles. The van der Waals surface area contributed by atoms with Crippen molar-refractivity contribution in [2.24, 2.45) is 22.9 Å². The quantitative estimate of drug-likeness (QED) is 0.0674. The smallest absolute Gasteiger partial charge is 0.254 e. The second-order valence-corrected chi connectivity index (χ2v) is 13.2. The SMILES string of the molecule is NCCCC[C@@H]1NC(=O)CNC(=O)[C@H](CN)NC(=O)c2cccc3c(Nc4ccc(CN)cc4)cc(nc23)-c2ccc(cc2)C/C=C/C[C@@H](C(N)=O)NC1=O. The van der Waals surface area contributed by atoms with Crippen molar-refractivity contribution in [1.29, 1.82) is 0 Å². The van der Waals surface area contributed by atoms with Crippen LogP contribution >= 0.6 is 0 Å². The summed E-state index contributed by atoms with van der Waals surface area (Å²) in [7, 11) is 0. The number of benzene rings is 3. The van der Waals surface area contributed by atoms with Crippen LogP contribution < -0.4 is 49.5 Å². The van der Waals surface area contributed by atoms with E-state index < -0.39 is 54.2 Å². The molecule has 4 bridgehead atoms. The van der Waals surface area contributed by atoms with Crippen LogP contribution in [0.25, 0.3) is 22.2 Å². The number of anilines is 2. The van der Waals surface area contributed by atoms with Gasteiger partial charge in [0.05, 0.1) is 29.0 Å². The number of unbranched alkanes of at least 4 members (excludes halogenated alkanes) is 1. The highest BCUT2D eigenvalue weighted by atomic mass is 16.2. The number of carbonyl (C=O) groups is 5. The first-order chi connectivity index (χ1) is 26.6. The molecule has 15 heteroatoms. The van der Waals surface area contributed by atoms with Crippen molar-refractivity contribution < 1.29 is 24.0 Å². The number of nitrogens with one attached hydrogen (secondary N) is 5. The molecule has 3 aromatic carbocycles. The molecule has 288 valence electrons. The molecular formula is C40H48N10O5. The van der Waals surface area contributed by atoms with Crippen LogP contribution in [0.1, 0.15) is 47.2 Å². The average molecular weight is 749 g/mol. The summed E-state index contributed by atoms with van der Waals surface area (Å²) in [6, 6.07) is 19.3. The Hall–Kier alpha value is -6.16. The molecule has 0 fully saturated rings. The minimum absolute atomic E-state index is 0.138. The molecule has 6 rings (SSSR count). The minimum atomic E-state index is -1.21. The fourth-order valence-corrected chi connectivity index (χ4v) is 6.11. The van der Waals surface area contributed by atoms with Gasteiger partial charge in [0.2, 0.25) is 23.6 Å². The van der Waals surface area contributed by atoms with Gasteiger partial charge >= 0.3 is 0 Å². The summed E-state index contributed by atoms with van der Waals surface area (Å²) >= 11 is 0. The molecule has 13 N–H and O–H groups in total. The lowest BCUT2D eigenvalue weighted by Gasteiger charge is -2.22. The van der Waals surface area contributed by atoms with Gasteiger partial charge in [0.25, 0.3) is 5.91 Å². The summed E-state index contributed by atoms with van der Waals surface area (Å²) in [6.07, 6.45) is 5.68. The first-order valence-electron chi connectivity index (χ1n) is 18.2. The Morgan fingerprint density at radius 3 is 2.29 bits per heavy atom. The third-order valence-electron chi connectivity index (χ3n) is 9.23. The summed E-state index contributed by atoms with van der Waals surface area (Å²) in [6.45, 7) is 0.0184. The van der Waals surface area contributed by atoms with Crippen molar-refractivity contribution in [1.82, 2.24) is 26.3 Å². The monoisotopic (exact) mass is 748 g/mol. The number of hydrogen-bond acceptors (Lipinski definition) is 10. The van der Waals surface area contributed by atoms with E-state index in [0.717, 1.165) is 22.4 Å². The van der Waals surface area contributed by atoms with Gasteiger partial charge in [0.1, 0.15) is 18.1 Å². The third kappa shape index (κ3) is 10.7. The number of nitrogens with zero attached hydrogens (tertiary/aromatic N) is 1. The predicted octanol–water partition coefficient (Wildman–Crippen LogP) is 1.36. The third-order valence-corrected chi connectivity index (χ3v) is 9.23. The highest BCUT2D eigenvalue weighted by molar-refractivity contribution is 6.10. The number of hydrogen-bond donors (Lipinski definition) is 9. The molecule has 15 nitrogen and oxygen atoms in total. The lowest BCUT2D eigenvalue weighted by atomic mass is 10.0. The van der Waals surface area contributed by atoms with Gasteiger partial charge in [-0.3, -0.25) is 24.0 Å². The summed E-state index contributed by atoms with van der Waals surface area (Å²) in [4.78, 5) is 70.6. The molecule has 0 aliphatic carbocycles. The van der Waals surface area contributed by atoms with Gasteiger partial charge in [-0.05, 0) is 74.0 Å². The van der Waals surface area contributed by atoms with E-state index in [1.54, 1.807) is 18.2 Å². The number of carbonyl (C=O) groups excluding carboxylic acids is 5. The second kappa shape index (κ2) is 19.3. The normalized spacial score (nSPS) is 19.1. The Balaban J connectivity index is 1.52. The number of primary amides is 1. The van der Waals surface area contributed by atoms with Gasteiger partial charge in [-0.2, -0.15) is 0 Å². The highest BCUT2D eigenvalue weighted by Crippen LogP contribution is 2.32. The molecular weight excluding hydrogens is 701 g/mol. The number of pyridine rings is 1. The summed E-state index contributed by atoms with van der Waals surface area (Å²) < 4.78 is 0. The zero-order valence-corrected chi connectivity index (χ0v) is 30.5. The fraction of sp³-hybridized carbons (Fsp3) is 0.300. The molecule has 0 saturated carbocycles. The molecule has 0 spiro atoms. The first kappa shape index (κ1) is 40.0. The lowest BCUT2D eigenvalue weighted by molar-refractivity contribution is -0.132. The Labute approximate surface area is 319 Å². The Morgan fingerprint density at radius 1 is 0.836 bits per heavy atom. The number of para-hydroxylation sites is 1. The molecule has 4 aromatic rings. The standard InChI is InChI=1S/C40H48N10O5/c41-19-4-3-10-31-40(55)49-30(37(44)52)9-2-1-6-24-11-15-26(16-12-24)32-20-33(46-27-17-13-25(21-42)14-18-27)28-7-5-8-29(36(28)48-32)38(53)50-34(22-43)39(54)45-23-35(51)47-31/h1-2,5,7-8,11-18,20,30-31,34H,3-4,6,9-10,19,21-23,41-43H2,(H2,44,52)(H,45,54)(H,46,48)(H,47,51)(H,49,55)(H,50,53)/b2-1+/t30-,31-,34-/m0/s1.